The summed E-state index contributed by atoms with van der Waals surface area (Å²) in [5.74, 6) is 1.10. The van der Waals surface area contributed by atoms with Crippen LogP contribution < -0.4 is 5.32 Å². The maximum atomic E-state index is 12.0. The summed E-state index contributed by atoms with van der Waals surface area (Å²) in [6.45, 7) is 4.92. The Kier molecular flexibility index (Phi) is 4.87. The van der Waals surface area contributed by atoms with Gasteiger partial charge in [0.05, 0.1) is 13.2 Å². The average molecular weight is 316 g/mol. The van der Waals surface area contributed by atoms with Gasteiger partial charge in [-0.1, -0.05) is 29.4 Å². The minimum absolute atomic E-state index is 0.0769. The molecular weight excluding hydrogens is 296 g/mol. The van der Waals surface area contributed by atoms with Crippen LogP contribution in [0.5, 0.6) is 0 Å². The summed E-state index contributed by atoms with van der Waals surface area (Å²) in [6.07, 6.45) is 0.509. The SMILES string of the molecule is Cc1ccccc1-c1noc(CCNC(=O)N2CCOCC2)n1. The van der Waals surface area contributed by atoms with Crippen molar-refractivity contribution in [3.05, 3.63) is 35.7 Å². The molecule has 0 radical (unpaired) electrons. The first-order valence-corrected chi connectivity index (χ1v) is 7.73. The Balaban J connectivity index is 1.51. The van der Waals surface area contributed by atoms with E-state index in [-0.39, 0.29) is 6.03 Å². The molecule has 1 aliphatic rings. The fraction of sp³-hybridized carbons (Fsp3) is 0.438. The lowest BCUT2D eigenvalue weighted by molar-refractivity contribution is 0.0532. The fourth-order valence-corrected chi connectivity index (χ4v) is 2.44. The molecule has 1 fully saturated rings. The standard InChI is InChI=1S/C16H20N4O3/c1-12-4-2-3-5-13(12)15-18-14(23-19-15)6-7-17-16(21)20-8-10-22-11-9-20/h2-5H,6-11H2,1H3,(H,17,21). The first-order valence-electron chi connectivity index (χ1n) is 7.73. The van der Waals surface area contributed by atoms with Gasteiger partial charge in [-0.25, -0.2) is 4.79 Å². The average Bonchev–Trinajstić information content (AvgIpc) is 3.04. The van der Waals surface area contributed by atoms with Crippen LogP contribution in [0.1, 0.15) is 11.5 Å². The molecule has 0 spiro atoms. The molecule has 7 nitrogen and oxygen atoms in total. The Morgan fingerprint density at radius 1 is 1.30 bits per heavy atom. The van der Waals surface area contributed by atoms with E-state index in [9.17, 15) is 4.79 Å². The molecule has 0 aliphatic carbocycles. The molecule has 0 atom stereocenters. The highest BCUT2D eigenvalue weighted by molar-refractivity contribution is 5.74. The molecule has 122 valence electrons. The number of hydrogen-bond acceptors (Lipinski definition) is 5. The number of aromatic nitrogens is 2. The van der Waals surface area contributed by atoms with Crippen LogP contribution in [0.2, 0.25) is 0 Å². The molecule has 2 amide bonds. The summed E-state index contributed by atoms with van der Waals surface area (Å²) >= 11 is 0. The Morgan fingerprint density at radius 3 is 2.87 bits per heavy atom. The smallest absolute Gasteiger partial charge is 0.317 e. The van der Waals surface area contributed by atoms with Gasteiger partial charge in [0.1, 0.15) is 0 Å². The topological polar surface area (TPSA) is 80.5 Å². The Hall–Kier alpha value is -2.41. The molecule has 3 rings (SSSR count). The number of carbonyl (C=O) groups excluding carboxylic acids is 1. The van der Waals surface area contributed by atoms with E-state index >= 15 is 0 Å². The monoisotopic (exact) mass is 316 g/mol. The van der Waals surface area contributed by atoms with Crippen molar-refractivity contribution in [3.63, 3.8) is 0 Å². The Bertz CT molecular complexity index is 665. The minimum atomic E-state index is -0.0769. The van der Waals surface area contributed by atoms with Gasteiger partial charge in [-0.05, 0) is 12.5 Å². The van der Waals surface area contributed by atoms with E-state index in [0.717, 1.165) is 11.1 Å². The molecule has 2 aromatic rings. The number of amides is 2. The zero-order valence-electron chi connectivity index (χ0n) is 13.1. The normalized spacial score (nSPS) is 14.7. The first-order chi connectivity index (χ1) is 11.2. The maximum Gasteiger partial charge on any atom is 0.317 e. The van der Waals surface area contributed by atoms with Crippen LogP contribution in [0.25, 0.3) is 11.4 Å². The van der Waals surface area contributed by atoms with Gasteiger partial charge in [0.25, 0.3) is 0 Å². The number of urea groups is 1. The van der Waals surface area contributed by atoms with Crippen molar-refractivity contribution in [2.24, 2.45) is 0 Å². The second-order valence-corrected chi connectivity index (χ2v) is 5.41. The number of carbonyl (C=O) groups is 1. The number of rotatable bonds is 4. The van der Waals surface area contributed by atoms with E-state index in [1.807, 2.05) is 31.2 Å². The van der Waals surface area contributed by atoms with Gasteiger partial charge in [-0.2, -0.15) is 4.98 Å². The van der Waals surface area contributed by atoms with Crippen molar-refractivity contribution in [1.82, 2.24) is 20.4 Å². The first kappa shape index (κ1) is 15.5. The number of benzene rings is 1. The third-order valence-electron chi connectivity index (χ3n) is 3.77. The van der Waals surface area contributed by atoms with E-state index in [1.165, 1.54) is 0 Å². The molecular formula is C16H20N4O3. The predicted octanol–water partition coefficient (Wildman–Crippen LogP) is 1.63. The quantitative estimate of drug-likeness (QED) is 0.927. The highest BCUT2D eigenvalue weighted by Crippen LogP contribution is 2.19. The van der Waals surface area contributed by atoms with Crippen molar-refractivity contribution in [2.75, 3.05) is 32.8 Å². The van der Waals surface area contributed by atoms with Gasteiger partial charge in [0.2, 0.25) is 11.7 Å². The van der Waals surface area contributed by atoms with E-state index in [0.29, 0.717) is 51.0 Å². The molecule has 1 aromatic heterocycles. The summed E-state index contributed by atoms with van der Waals surface area (Å²) in [7, 11) is 0. The lowest BCUT2D eigenvalue weighted by Gasteiger charge is -2.26. The molecule has 0 bridgehead atoms. The zero-order valence-corrected chi connectivity index (χ0v) is 13.1. The number of aryl methyl sites for hydroxylation is 1. The van der Waals surface area contributed by atoms with Crippen molar-refractivity contribution >= 4 is 6.03 Å². The molecule has 1 aliphatic heterocycles. The van der Waals surface area contributed by atoms with Crippen LogP contribution in [0, 0.1) is 6.92 Å². The van der Waals surface area contributed by atoms with Gasteiger partial charge in [-0.3, -0.25) is 0 Å². The molecule has 0 saturated carbocycles. The summed E-state index contributed by atoms with van der Waals surface area (Å²) in [5.41, 5.74) is 2.06. The van der Waals surface area contributed by atoms with Crippen LogP contribution in [0.15, 0.2) is 28.8 Å². The summed E-state index contributed by atoms with van der Waals surface area (Å²) < 4.78 is 10.5. The molecule has 23 heavy (non-hydrogen) atoms. The molecule has 0 unspecified atom stereocenters. The lowest BCUT2D eigenvalue weighted by Crippen LogP contribution is -2.46. The number of nitrogens with zero attached hydrogens (tertiary/aromatic N) is 3. The third-order valence-corrected chi connectivity index (χ3v) is 3.77. The second kappa shape index (κ2) is 7.23. The highest BCUT2D eigenvalue weighted by atomic mass is 16.5. The Labute approximate surface area is 134 Å². The summed E-state index contributed by atoms with van der Waals surface area (Å²) in [6, 6.07) is 7.81. The van der Waals surface area contributed by atoms with Crippen LogP contribution in [-0.4, -0.2) is 53.9 Å². The predicted molar refractivity (Wildman–Crippen MR) is 84.0 cm³/mol. The lowest BCUT2D eigenvalue weighted by atomic mass is 10.1. The molecule has 1 aromatic carbocycles. The molecule has 1 N–H and O–H groups in total. The van der Waals surface area contributed by atoms with Gasteiger partial charge in [0.15, 0.2) is 0 Å². The Morgan fingerprint density at radius 2 is 2.09 bits per heavy atom. The van der Waals surface area contributed by atoms with Gasteiger partial charge >= 0.3 is 6.03 Å². The van der Waals surface area contributed by atoms with Crippen molar-refractivity contribution < 1.29 is 14.1 Å². The zero-order chi connectivity index (χ0) is 16.1. The summed E-state index contributed by atoms with van der Waals surface area (Å²) in [5, 5.41) is 6.87. The van der Waals surface area contributed by atoms with Crippen molar-refractivity contribution in [2.45, 2.75) is 13.3 Å². The number of hydrogen-bond donors (Lipinski definition) is 1. The second-order valence-electron chi connectivity index (χ2n) is 5.41. The van der Waals surface area contributed by atoms with Crippen LogP contribution in [0.4, 0.5) is 4.79 Å². The van der Waals surface area contributed by atoms with Gasteiger partial charge in [-0.15, -0.1) is 0 Å². The molecule has 2 heterocycles. The van der Waals surface area contributed by atoms with Crippen LogP contribution in [-0.2, 0) is 11.2 Å². The number of ether oxygens (including phenoxy) is 1. The van der Waals surface area contributed by atoms with E-state index in [4.69, 9.17) is 9.26 Å². The van der Waals surface area contributed by atoms with Gasteiger partial charge in [0, 0.05) is 31.6 Å². The maximum absolute atomic E-state index is 12.0. The largest absolute Gasteiger partial charge is 0.378 e. The third kappa shape index (κ3) is 3.87. The van der Waals surface area contributed by atoms with E-state index < -0.39 is 0 Å². The minimum Gasteiger partial charge on any atom is -0.378 e. The molecule has 7 heteroatoms. The van der Waals surface area contributed by atoms with Crippen LogP contribution in [0.3, 0.4) is 0 Å². The fourth-order valence-electron chi connectivity index (χ4n) is 2.44. The highest BCUT2D eigenvalue weighted by Gasteiger charge is 2.16. The number of nitrogens with one attached hydrogen (secondary N) is 1. The molecule has 1 saturated heterocycles. The van der Waals surface area contributed by atoms with Crippen molar-refractivity contribution in [1.29, 1.82) is 0 Å². The van der Waals surface area contributed by atoms with E-state index in [2.05, 4.69) is 15.5 Å². The summed E-state index contributed by atoms with van der Waals surface area (Å²) in [4.78, 5) is 18.1. The number of morpholine rings is 1. The van der Waals surface area contributed by atoms with Gasteiger partial charge < -0.3 is 19.5 Å². The van der Waals surface area contributed by atoms with Crippen LogP contribution >= 0.6 is 0 Å². The van der Waals surface area contributed by atoms with Crippen molar-refractivity contribution in [3.8, 4) is 11.4 Å². The van der Waals surface area contributed by atoms with E-state index in [1.54, 1.807) is 4.90 Å².